The van der Waals surface area contributed by atoms with E-state index in [1.54, 1.807) is 6.20 Å². The molecule has 0 aliphatic heterocycles. The molecule has 0 unspecified atom stereocenters. The van der Waals surface area contributed by atoms with Crippen LogP contribution in [0.15, 0.2) is 30.5 Å². The molecule has 1 amide bonds. The highest BCUT2D eigenvalue weighted by atomic mass is 16.1. The van der Waals surface area contributed by atoms with E-state index < -0.39 is 0 Å². The van der Waals surface area contributed by atoms with Gasteiger partial charge in [0, 0.05) is 25.6 Å². The minimum Gasteiger partial charge on any atom is -0.355 e. The summed E-state index contributed by atoms with van der Waals surface area (Å²) in [6, 6.07) is 7.80. The highest BCUT2D eigenvalue weighted by molar-refractivity contribution is 5.77. The summed E-state index contributed by atoms with van der Waals surface area (Å²) in [5.41, 5.74) is 2.71. The van der Waals surface area contributed by atoms with Gasteiger partial charge in [-0.25, -0.2) is 4.98 Å². The van der Waals surface area contributed by atoms with Crippen LogP contribution in [-0.2, 0) is 11.3 Å². The number of para-hydroxylation sites is 2. The SMILES string of the molecule is CC(C)C(=O)NCCNCc1cnc2ccccc2n1. The molecular formula is C15H20N4O. The first-order valence-corrected chi connectivity index (χ1v) is 6.86. The van der Waals surface area contributed by atoms with E-state index in [2.05, 4.69) is 20.6 Å². The average molecular weight is 272 g/mol. The van der Waals surface area contributed by atoms with Crippen LogP contribution in [0.1, 0.15) is 19.5 Å². The van der Waals surface area contributed by atoms with Crippen LogP contribution in [0.3, 0.4) is 0 Å². The molecule has 0 atom stereocenters. The molecular weight excluding hydrogens is 252 g/mol. The number of amides is 1. The minimum atomic E-state index is 0.0290. The molecule has 20 heavy (non-hydrogen) atoms. The Bertz CT molecular complexity index is 583. The molecule has 2 aromatic rings. The second kappa shape index (κ2) is 6.96. The van der Waals surface area contributed by atoms with Crippen LogP contribution in [0.2, 0.25) is 0 Å². The van der Waals surface area contributed by atoms with Gasteiger partial charge in [-0.05, 0) is 12.1 Å². The van der Waals surface area contributed by atoms with Crippen LogP contribution in [0, 0.1) is 5.92 Å². The fourth-order valence-corrected chi connectivity index (χ4v) is 1.78. The summed E-state index contributed by atoms with van der Waals surface area (Å²) < 4.78 is 0. The summed E-state index contributed by atoms with van der Waals surface area (Å²) in [6.45, 7) is 5.75. The second-order valence-electron chi connectivity index (χ2n) is 4.97. The van der Waals surface area contributed by atoms with E-state index in [-0.39, 0.29) is 11.8 Å². The summed E-state index contributed by atoms with van der Waals surface area (Å²) in [6.07, 6.45) is 1.78. The topological polar surface area (TPSA) is 66.9 Å². The Balaban J connectivity index is 1.77. The number of nitrogens with one attached hydrogen (secondary N) is 2. The first-order valence-electron chi connectivity index (χ1n) is 6.86. The molecule has 1 heterocycles. The highest BCUT2D eigenvalue weighted by Gasteiger charge is 2.04. The lowest BCUT2D eigenvalue weighted by Crippen LogP contribution is -2.34. The van der Waals surface area contributed by atoms with Gasteiger partial charge in [0.25, 0.3) is 0 Å². The Morgan fingerprint density at radius 3 is 2.70 bits per heavy atom. The van der Waals surface area contributed by atoms with Crippen LogP contribution >= 0.6 is 0 Å². The van der Waals surface area contributed by atoms with Crippen LogP contribution in [-0.4, -0.2) is 29.0 Å². The fraction of sp³-hybridized carbons (Fsp3) is 0.400. The van der Waals surface area contributed by atoms with Gasteiger partial charge in [0.2, 0.25) is 5.91 Å². The predicted octanol–water partition coefficient (Wildman–Crippen LogP) is 1.49. The van der Waals surface area contributed by atoms with E-state index >= 15 is 0 Å². The molecule has 2 rings (SSSR count). The lowest BCUT2D eigenvalue weighted by Gasteiger charge is -2.08. The number of hydrogen-bond donors (Lipinski definition) is 2. The number of aromatic nitrogens is 2. The van der Waals surface area contributed by atoms with E-state index in [9.17, 15) is 4.79 Å². The van der Waals surface area contributed by atoms with E-state index in [0.717, 1.165) is 16.7 Å². The lowest BCUT2D eigenvalue weighted by atomic mass is 10.2. The molecule has 0 radical (unpaired) electrons. The van der Waals surface area contributed by atoms with E-state index in [1.807, 2.05) is 38.1 Å². The maximum absolute atomic E-state index is 11.4. The molecule has 5 heteroatoms. The van der Waals surface area contributed by atoms with Gasteiger partial charge in [-0.15, -0.1) is 0 Å². The maximum atomic E-state index is 11.4. The molecule has 0 aliphatic carbocycles. The first kappa shape index (κ1) is 14.4. The standard InChI is InChI=1S/C15H20N4O/c1-11(2)15(20)17-8-7-16-9-12-10-18-13-5-3-4-6-14(13)19-12/h3-6,10-11,16H,7-9H2,1-2H3,(H,17,20). The Kier molecular flexibility index (Phi) is 5.01. The second-order valence-corrected chi connectivity index (χ2v) is 4.97. The number of fused-ring (bicyclic) bond motifs is 1. The van der Waals surface area contributed by atoms with Crippen molar-refractivity contribution >= 4 is 16.9 Å². The van der Waals surface area contributed by atoms with Gasteiger partial charge in [0.1, 0.15) is 0 Å². The van der Waals surface area contributed by atoms with Crippen molar-refractivity contribution in [3.8, 4) is 0 Å². The molecule has 1 aromatic heterocycles. The van der Waals surface area contributed by atoms with Gasteiger partial charge < -0.3 is 10.6 Å². The number of hydrogen-bond acceptors (Lipinski definition) is 4. The van der Waals surface area contributed by atoms with Crippen molar-refractivity contribution in [3.63, 3.8) is 0 Å². The Morgan fingerprint density at radius 1 is 1.20 bits per heavy atom. The number of benzene rings is 1. The zero-order chi connectivity index (χ0) is 14.4. The number of carbonyl (C=O) groups is 1. The van der Waals surface area contributed by atoms with Gasteiger partial charge in [-0.1, -0.05) is 26.0 Å². The van der Waals surface area contributed by atoms with Gasteiger partial charge in [0.15, 0.2) is 0 Å². The molecule has 0 fully saturated rings. The zero-order valence-electron chi connectivity index (χ0n) is 11.9. The summed E-state index contributed by atoms with van der Waals surface area (Å²) in [4.78, 5) is 20.2. The van der Waals surface area contributed by atoms with Gasteiger partial charge in [-0.3, -0.25) is 9.78 Å². The summed E-state index contributed by atoms with van der Waals surface area (Å²) in [7, 11) is 0. The van der Waals surface area contributed by atoms with Crippen molar-refractivity contribution in [3.05, 3.63) is 36.2 Å². The lowest BCUT2D eigenvalue weighted by molar-refractivity contribution is -0.123. The Morgan fingerprint density at radius 2 is 1.95 bits per heavy atom. The summed E-state index contributed by atoms with van der Waals surface area (Å²) in [5.74, 6) is 0.110. The van der Waals surface area contributed by atoms with Crippen molar-refractivity contribution < 1.29 is 4.79 Å². The normalized spacial score (nSPS) is 10.9. The van der Waals surface area contributed by atoms with E-state index in [1.165, 1.54) is 0 Å². The van der Waals surface area contributed by atoms with Crippen molar-refractivity contribution in [2.24, 2.45) is 5.92 Å². The molecule has 2 N–H and O–H groups in total. The van der Waals surface area contributed by atoms with Crippen LogP contribution < -0.4 is 10.6 Å². The molecule has 0 saturated carbocycles. The minimum absolute atomic E-state index is 0.0290. The monoisotopic (exact) mass is 272 g/mol. The van der Waals surface area contributed by atoms with Gasteiger partial charge in [-0.2, -0.15) is 0 Å². The van der Waals surface area contributed by atoms with Crippen molar-refractivity contribution in [2.45, 2.75) is 20.4 Å². The van der Waals surface area contributed by atoms with Crippen molar-refractivity contribution in [2.75, 3.05) is 13.1 Å². The third-order valence-electron chi connectivity index (χ3n) is 2.93. The zero-order valence-corrected chi connectivity index (χ0v) is 11.9. The molecule has 0 aliphatic rings. The molecule has 0 saturated heterocycles. The Labute approximate surface area is 118 Å². The smallest absolute Gasteiger partial charge is 0.222 e. The number of rotatable bonds is 6. The van der Waals surface area contributed by atoms with Gasteiger partial charge >= 0.3 is 0 Å². The quantitative estimate of drug-likeness (QED) is 0.782. The van der Waals surface area contributed by atoms with Crippen LogP contribution in [0.4, 0.5) is 0 Å². The molecule has 0 spiro atoms. The van der Waals surface area contributed by atoms with Crippen LogP contribution in [0.25, 0.3) is 11.0 Å². The average Bonchev–Trinajstić information content (AvgIpc) is 2.46. The van der Waals surface area contributed by atoms with Crippen molar-refractivity contribution in [1.82, 2.24) is 20.6 Å². The molecule has 106 valence electrons. The first-order chi connectivity index (χ1) is 9.66. The molecule has 1 aromatic carbocycles. The number of carbonyl (C=O) groups excluding carboxylic acids is 1. The summed E-state index contributed by atoms with van der Waals surface area (Å²) >= 11 is 0. The third-order valence-corrected chi connectivity index (χ3v) is 2.93. The van der Waals surface area contributed by atoms with Gasteiger partial charge in [0.05, 0.1) is 22.9 Å². The highest BCUT2D eigenvalue weighted by Crippen LogP contribution is 2.07. The molecule has 5 nitrogen and oxygen atoms in total. The predicted molar refractivity (Wildman–Crippen MR) is 79.1 cm³/mol. The van der Waals surface area contributed by atoms with Crippen molar-refractivity contribution in [1.29, 1.82) is 0 Å². The largest absolute Gasteiger partial charge is 0.355 e. The maximum Gasteiger partial charge on any atom is 0.222 e. The summed E-state index contributed by atoms with van der Waals surface area (Å²) in [5, 5.41) is 6.10. The van der Waals surface area contributed by atoms with E-state index in [4.69, 9.17) is 0 Å². The Hall–Kier alpha value is -2.01. The number of nitrogens with zero attached hydrogens (tertiary/aromatic N) is 2. The fourth-order valence-electron chi connectivity index (χ4n) is 1.78. The van der Waals surface area contributed by atoms with Crippen LogP contribution in [0.5, 0.6) is 0 Å². The third kappa shape index (κ3) is 3.99. The van der Waals surface area contributed by atoms with E-state index in [0.29, 0.717) is 19.6 Å². The molecule has 0 bridgehead atoms.